The van der Waals surface area contributed by atoms with Crippen LogP contribution in [0.1, 0.15) is 11.8 Å². The van der Waals surface area contributed by atoms with Gasteiger partial charge in [0.25, 0.3) is 0 Å². The van der Waals surface area contributed by atoms with Gasteiger partial charge in [0, 0.05) is 0 Å². The van der Waals surface area contributed by atoms with Gasteiger partial charge >= 0.3 is 145 Å². The van der Waals surface area contributed by atoms with Gasteiger partial charge in [-0.25, -0.2) is 0 Å². The fraction of sp³-hybridized carbons (Fsp3) is 0.0769. The first-order valence-corrected chi connectivity index (χ1v) is 11.7. The Kier molecular flexibility index (Phi) is 5.13. The second-order valence-corrected chi connectivity index (χ2v) is 10.6. The van der Waals surface area contributed by atoms with Crippen LogP contribution in [0.5, 0.6) is 0 Å². The Balaban J connectivity index is 1.56. The molecule has 0 radical (unpaired) electrons. The monoisotopic (exact) mass is 409 g/mol. The molecule has 0 unspecified atom stereocenters. The van der Waals surface area contributed by atoms with Gasteiger partial charge in [-0.3, -0.25) is 0 Å². The van der Waals surface area contributed by atoms with Gasteiger partial charge in [-0.2, -0.15) is 0 Å². The van der Waals surface area contributed by atoms with E-state index in [0.717, 1.165) is 22.2 Å². The molecule has 3 rings (SSSR count). The summed E-state index contributed by atoms with van der Waals surface area (Å²) in [4.78, 5) is 1.03. The van der Waals surface area contributed by atoms with Crippen molar-refractivity contribution < 1.29 is 11.0 Å². The predicted octanol–water partition coefficient (Wildman–Crippen LogP) is 1.83. The average molecular weight is 409 g/mol. The van der Waals surface area contributed by atoms with Crippen LogP contribution in [0.2, 0.25) is 0 Å². The third-order valence-corrected chi connectivity index (χ3v) is 9.14. The van der Waals surface area contributed by atoms with Gasteiger partial charge in [0.05, 0.1) is 0 Å². The molecule has 2 N–H and O–H groups in total. The molecule has 0 bridgehead atoms. The van der Waals surface area contributed by atoms with Crippen LogP contribution in [0.3, 0.4) is 0 Å². The summed E-state index contributed by atoms with van der Waals surface area (Å²) in [6.45, 7) is 1.86. The van der Waals surface area contributed by atoms with Gasteiger partial charge in [-0.1, -0.05) is 0 Å². The van der Waals surface area contributed by atoms with Crippen LogP contribution in [-0.2, 0) is 11.0 Å². The van der Waals surface area contributed by atoms with Crippen molar-refractivity contribution >= 4 is 58.7 Å². The molecule has 0 aliphatic carbocycles. The zero-order valence-corrected chi connectivity index (χ0v) is 15.7. The summed E-state index contributed by atoms with van der Waals surface area (Å²) in [6.07, 6.45) is -0.707. The van der Waals surface area contributed by atoms with Crippen LogP contribution < -0.4 is 10.1 Å². The first-order chi connectivity index (χ1) is 11.1. The first kappa shape index (κ1) is 16.6. The van der Waals surface area contributed by atoms with Crippen molar-refractivity contribution in [2.24, 2.45) is 15.9 Å². The number of hydrogen-bond donors (Lipinski definition) is 1. The molecule has 0 amide bonds. The van der Waals surface area contributed by atoms with E-state index < -0.39 is 20.6 Å². The topological polar surface area (TPSA) is 86.3 Å². The Labute approximate surface area is 145 Å². The average Bonchev–Trinajstić information content (AvgIpc) is 3.06. The SMILES string of the molecule is C/C(=N\N=C(/N)SB1O[As](=O)(c2ccccc2)O1)c1cccs1. The maximum absolute atomic E-state index is 12.4. The standard InChI is InChI=1S/C13H13AsBN3O3S2/c1-10(12-8-5-9-22-12)17-18-13(16)23-15-20-14(19,21-15)11-6-3-2-4-7-11/h2-9H,1H3,(H2,16,18)/b17-10+. The number of nitrogens with zero attached hydrogens (tertiary/aromatic N) is 2. The summed E-state index contributed by atoms with van der Waals surface area (Å²) in [7, 11) is 0. The number of rotatable bonds is 4. The Bertz CT molecular complexity index is 773. The van der Waals surface area contributed by atoms with Crippen molar-refractivity contribution in [3.63, 3.8) is 0 Å². The second kappa shape index (κ2) is 7.11. The molecule has 0 saturated carbocycles. The number of benzene rings is 1. The van der Waals surface area contributed by atoms with E-state index in [4.69, 9.17) is 13.0 Å². The summed E-state index contributed by atoms with van der Waals surface area (Å²) in [5.74, 6) is 0. The van der Waals surface area contributed by atoms with Gasteiger partial charge in [0.2, 0.25) is 0 Å². The van der Waals surface area contributed by atoms with E-state index in [9.17, 15) is 3.74 Å². The van der Waals surface area contributed by atoms with Gasteiger partial charge < -0.3 is 0 Å². The van der Waals surface area contributed by atoms with E-state index in [1.807, 2.05) is 30.5 Å². The number of hydrogen-bond acceptors (Lipinski definition) is 7. The summed E-state index contributed by atoms with van der Waals surface area (Å²) in [5.41, 5.74) is 6.56. The third-order valence-electron chi connectivity index (χ3n) is 2.92. The first-order valence-electron chi connectivity index (χ1n) is 6.67. The fourth-order valence-corrected chi connectivity index (χ4v) is 7.17. The Hall–Kier alpha value is -1.25. The molecule has 1 fully saturated rings. The van der Waals surface area contributed by atoms with Crippen LogP contribution >= 0.6 is 22.9 Å². The Morgan fingerprint density at radius 2 is 1.96 bits per heavy atom. The zero-order chi connectivity index (χ0) is 16.3. The summed E-state index contributed by atoms with van der Waals surface area (Å²) >= 11 is -1.25. The van der Waals surface area contributed by atoms with Gasteiger partial charge in [0.15, 0.2) is 0 Å². The molecule has 2 heterocycles. The molecule has 2 aromatic rings. The zero-order valence-electron chi connectivity index (χ0n) is 12.2. The normalized spacial score (nSPS) is 17.9. The van der Waals surface area contributed by atoms with E-state index in [1.165, 1.54) is 0 Å². The van der Waals surface area contributed by atoms with Gasteiger partial charge in [-0.15, -0.1) is 0 Å². The van der Waals surface area contributed by atoms with E-state index in [-0.39, 0.29) is 5.17 Å². The molecule has 1 aromatic carbocycles. The predicted molar refractivity (Wildman–Crippen MR) is 96.2 cm³/mol. The van der Waals surface area contributed by atoms with E-state index in [1.54, 1.807) is 35.6 Å². The number of thiophene rings is 1. The molecule has 0 spiro atoms. The van der Waals surface area contributed by atoms with Crippen molar-refractivity contribution in [3.05, 3.63) is 52.7 Å². The summed E-state index contributed by atoms with van der Waals surface area (Å²) < 4.78 is 23.8. The van der Waals surface area contributed by atoms with Crippen molar-refractivity contribution in [1.29, 1.82) is 0 Å². The van der Waals surface area contributed by atoms with Crippen LogP contribution in [0, 0.1) is 0 Å². The Morgan fingerprint density at radius 3 is 2.61 bits per heavy atom. The molecular weight excluding hydrogens is 396 g/mol. The quantitative estimate of drug-likeness (QED) is 0.361. The second-order valence-electron chi connectivity index (χ2n) is 4.55. The van der Waals surface area contributed by atoms with Gasteiger partial charge in [0.1, 0.15) is 0 Å². The van der Waals surface area contributed by atoms with Crippen molar-refractivity contribution in [3.8, 4) is 0 Å². The molecule has 1 aliphatic rings. The minimum absolute atomic E-state index is 0.195. The van der Waals surface area contributed by atoms with Gasteiger partial charge in [-0.05, 0) is 0 Å². The molecule has 23 heavy (non-hydrogen) atoms. The Morgan fingerprint density at radius 1 is 1.22 bits per heavy atom. The number of amidine groups is 1. The van der Waals surface area contributed by atoms with E-state index in [2.05, 4.69) is 10.2 Å². The van der Waals surface area contributed by atoms with Crippen LogP contribution in [0.15, 0.2) is 58.0 Å². The summed E-state index contributed by atoms with van der Waals surface area (Å²) in [6, 6.07) is 12.8. The van der Waals surface area contributed by atoms with Crippen LogP contribution in [0.4, 0.5) is 0 Å². The third kappa shape index (κ3) is 3.99. The van der Waals surface area contributed by atoms with E-state index in [0.29, 0.717) is 4.35 Å². The molecule has 1 aliphatic heterocycles. The molecule has 0 atom stereocenters. The maximum atomic E-state index is 12.4. The molecular formula is C13H13AsBN3O3S2. The summed E-state index contributed by atoms with van der Waals surface area (Å²) in [5, 5.41) is 10.2. The van der Waals surface area contributed by atoms with Crippen LogP contribution in [0.25, 0.3) is 0 Å². The molecule has 118 valence electrons. The van der Waals surface area contributed by atoms with Crippen molar-refractivity contribution in [1.82, 2.24) is 0 Å². The minimum atomic E-state index is -3.87. The molecule has 10 heteroatoms. The van der Waals surface area contributed by atoms with E-state index >= 15 is 0 Å². The van der Waals surface area contributed by atoms with Crippen LogP contribution in [-0.4, -0.2) is 31.4 Å². The molecule has 1 saturated heterocycles. The molecule has 6 nitrogen and oxygen atoms in total. The number of nitrogens with two attached hydrogens (primary N) is 1. The fourth-order valence-electron chi connectivity index (χ4n) is 1.79. The molecule has 1 aromatic heterocycles. The van der Waals surface area contributed by atoms with Crippen molar-refractivity contribution in [2.75, 3.05) is 0 Å². The van der Waals surface area contributed by atoms with Crippen molar-refractivity contribution in [2.45, 2.75) is 6.92 Å².